The molecule has 8 heteroatoms. The first kappa shape index (κ1) is 14.6. The fraction of sp³-hybridized carbons (Fsp3) is 0.250. The maximum Gasteiger partial charge on any atom is 0.254 e. The Bertz CT molecular complexity index is 900. The van der Waals surface area contributed by atoms with E-state index in [4.69, 9.17) is 10.5 Å². The Labute approximate surface area is 137 Å². The summed E-state index contributed by atoms with van der Waals surface area (Å²) in [5, 5.41) is 7.75. The molecule has 0 spiro atoms. The molecule has 8 nitrogen and oxygen atoms in total. The predicted octanol–water partition coefficient (Wildman–Crippen LogP) is 1.07. The van der Waals surface area contributed by atoms with Gasteiger partial charge in [-0.25, -0.2) is 9.97 Å². The highest BCUT2D eigenvalue weighted by atomic mass is 16.5. The van der Waals surface area contributed by atoms with E-state index >= 15 is 0 Å². The van der Waals surface area contributed by atoms with Crippen LogP contribution in [-0.2, 0) is 4.74 Å². The summed E-state index contributed by atoms with van der Waals surface area (Å²) >= 11 is 0. The number of carbonyl (C=O) groups excluding carboxylic acids is 1. The van der Waals surface area contributed by atoms with Crippen molar-refractivity contribution < 1.29 is 9.53 Å². The largest absolute Gasteiger partial charge is 0.383 e. The highest BCUT2D eigenvalue weighted by Crippen LogP contribution is 2.29. The lowest BCUT2D eigenvalue weighted by molar-refractivity contribution is 0.0303. The molecule has 3 N–H and O–H groups in total. The Morgan fingerprint density at radius 3 is 2.92 bits per heavy atom. The third-order valence-corrected chi connectivity index (χ3v) is 4.08. The smallest absolute Gasteiger partial charge is 0.254 e. The number of hydrogen-bond donors (Lipinski definition) is 2. The number of nitrogens with one attached hydrogen (secondary N) is 1. The number of ether oxygens (including phenoxy) is 1. The molecule has 4 rings (SSSR count). The molecule has 1 fully saturated rings. The maximum absolute atomic E-state index is 12.6. The fourth-order valence-electron chi connectivity index (χ4n) is 2.84. The van der Waals surface area contributed by atoms with E-state index in [9.17, 15) is 4.79 Å². The van der Waals surface area contributed by atoms with Crippen molar-refractivity contribution in [1.82, 2.24) is 25.1 Å². The van der Waals surface area contributed by atoms with Crippen LogP contribution in [0.1, 0.15) is 10.4 Å². The SMILES string of the molecule is Nc1ncnc2n[nH]c(-c3cccc(C(=O)N4CCOCC4)c3)c12. The lowest BCUT2D eigenvalue weighted by Gasteiger charge is -2.27. The second kappa shape index (κ2) is 5.89. The van der Waals surface area contributed by atoms with Crippen LogP contribution in [0.2, 0.25) is 0 Å². The van der Waals surface area contributed by atoms with Crippen LogP contribution >= 0.6 is 0 Å². The van der Waals surface area contributed by atoms with Gasteiger partial charge in [-0.2, -0.15) is 5.10 Å². The van der Waals surface area contributed by atoms with Gasteiger partial charge in [0.1, 0.15) is 12.1 Å². The summed E-state index contributed by atoms with van der Waals surface area (Å²) in [6.45, 7) is 2.36. The zero-order chi connectivity index (χ0) is 16.5. The van der Waals surface area contributed by atoms with Gasteiger partial charge in [0.05, 0.1) is 24.3 Å². The highest BCUT2D eigenvalue weighted by molar-refractivity contribution is 6.00. The van der Waals surface area contributed by atoms with Gasteiger partial charge in [-0.3, -0.25) is 9.89 Å². The number of aromatic nitrogens is 4. The van der Waals surface area contributed by atoms with Crippen LogP contribution in [0.5, 0.6) is 0 Å². The quantitative estimate of drug-likeness (QED) is 0.730. The molecule has 24 heavy (non-hydrogen) atoms. The van der Waals surface area contributed by atoms with Crippen LogP contribution in [0.25, 0.3) is 22.3 Å². The minimum atomic E-state index is -0.00630. The van der Waals surface area contributed by atoms with Gasteiger partial charge in [-0.05, 0) is 12.1 Å². The minimum Gasteiger partial charge on any atom is -0.383 e. The molecule has 2 aromatic heterocycles. The standard InChI is InChI=1S/C16H16N6O2/c17-14-12-13(20-21-15(12)19-9-18-14)10-2-1-3-11(8-10)16(23)22-4-6-24-7-5-22/h1-3,8-9H,4-7H2,(H3,17,18,19,20,21). The van der Waals surface area contributed by atoms with Crippen molar-refractivity contribution >= 4 is 22.8 Å². The monoisotopic (exact) mass is 324 g/mol. The van der Waals surface area contributed by atoms with Gasteiger partial charge in [0.25, 0.3) is 5.91 Å². The number of nitrogens with two attached hydrogens (primary N) is 1. The van der Waals surface area contributed by atoms with Crippen molar-refractivity contribution in [2.24, 2.45) is 0 Å². The molecule has 0 unspecified atom stereocenters. The molecular weight excluding hydrogens is 308 g/mol. The van der Waals surface area contributed by atoms with E-state index < -0.39 is 0 Å². The van der Waals surface area contributed by atoms with Crippen LogP contribution in [0.3, 0.4) is 0 Å². The van der Waals surface area contributed by atoms with Crippen LogP contribution in [0.4, 0.5) is 5.82 Å². The van der Waals surface area contributed by atoms with Gasteiger partial charge in [0.15, 0.2) is 5.65 Å². The number of hydrogen-bond acceptors (Lipinski definition) is 6. The van der Waals surface area contributed by atoms with E-state index in [0.717, 1.165) is 5.56 Å². The Balaban J connectivity index is 1.73. The van der Waals surface area contributed by atoms with Crippen LogP contribution in [0.15, 0.2) is 30.6 Å². The average Bonchev–Trinajstić information content (AvgIpc) is 3.07. The molecular formula is C16H16N6O2. The molecule has 0 bridgehead atoms. The topological polar surface area (TPSA) is 110 Å². The van der Waals surface area contributed by atoms with Crippen molar-refractivity contribution in [3.63, 3.8) is 0 Å². The summed E-state index contributed by atoms with van der Waals surface area (Å²) in [6.07, 6.45) is 1.38. The zero-order valence-electron chi connectivity index (χ0n) is 12.9. The summed E-state index contributed by atoms with van der Waals surface area (Å²) in [6, 6.07) is 7.38. The summed E-state index contributed by atoms with van der Waals surface area (Å²) in [7, 11) is 0. The Morgan fingerprint density at radius 1 is 1.25 bits per heavy atom. The van der Waals surface area contributed by atoms with Crippen LogP contribution in [0, 0.1) is 0 Å². The van der Waals surface area contributed by atoms with E-state index in [2.05, 4.69) is 20.2 Å². The lowest BCUT2D eigenvalue weighted by Crippen LogP contribution is -2.40. The van der Waals surface area contributed by atoms with Gasteiger partial charge < -0.3 is 15.4 Å². The summed E-state index contributed by atoms with van der Waals surface area (Å²) in [5.74, 6) is 0.349. The van der Waals surface area contributed by atoms with Crippen molar-refractivity contribution in [1.29, 1.82) is 0 Å². The number of carbonyl (C=O) groups is 1. The van der Waals surface area contributed by atoms with Gasteiger partial charge in [-0.15, -0.1) is 0 Å². The number of fused-ring (bicyclic) bond motifs is 1. The zero-order valence-corrected chi connectivity index (χ0v) is 12.9. The molecule has 1 saturated heterocycles. The second-order valence-corrected chi connectivity index (χ2v) is 5.54. The average molecular weight is 324 g/mol. The fourth-order valence-corrected chi connectivity index (χ4v) is 2.84. The Hall–Kier alpha value is -3.00. The third kappa shape index (κ3) is 2.46. The Morgan fingerprint density at radius 2 is 2.08 bits per heavy atom. The number of amides is 1. The van der Waals surface area contributed by atoms with Crippen molar-refractivity contribution in [2.75, 3.05) is 32.0 Å². The molecule has 0 radical (unpaired) electrons. The summed E-state index contributed by atoms with van der Waals surface area (Å²) in [4.78, 5) is 22.6. The molecule has 3 aromatic rings. The molecule has 1 aromatic carbocycles. The molecule has 1 aliphatic rings. The number of anilines is 1. The van der Waals surface area contributed by atoms with Crippen molar-refractivity contribution in [3.05, 3.63) is 36.2 Å². The predicted molar refractivity (Wildman–Crippen MR) is 88.3 cm³/mol. The number of rotatable bonds is 2. The first-order chi connectivity index (χ1) is 11.7. The normalized spacial score (nSPS) is 14.9. The van der Waals surface area contributed by atoms with Crippen molar-refractivity contribution in [2.45, 2.75) is 0 Å². The van der Waals surface area contributed by atoms with Crippen LogP contribution < -0.4 is 5.73 Å². The second-order valence-electron chi connectivity index (χ2n) is 5.54. The number of benzene rings is 1. The van der Waals surface area contributed by atoms with Crippen LogP contribution in [-0.4, -0.2) is 57.3 Å². The number of nitrogen functional groups attached to an aromatic ring is 1. The summed E-state index contributed by atoms with van der Waals surface area (Å²) < 4.78 is 5.29. The van der Waals surface area contributed by atoms with E-state index in [1.54, 1.807) is 11.0 Å². The molecule has 3 heterocycles. The Kier molecular flexibility index (Phi) is 3.58. The molecule has 1 amide bonds. The van der Waals surface area contributed by atoms with Gasteiger partial charge in [0, 0.05) is 24.2 Å². The van der Waals surface area contributed by atoms with Gasteiger partial charge in [-0.1, -0.05) is 12.1 Å². The number of H-pyrrole nitrogens is 1. The third-order valence-electron chi connectivity index (χ3n) is 4.08. The number of morpholine rings is 1. The van der Waals surface area contributed by atoms with E-state index in [-0.39, 0.29) is 5.91 Å². The lowest BCUT2D eigenvalue weighted by atomic mass is 10.1. The molecule has 0 atom stereocenters. The molecule has 122 valence electrons. The van der Waals surface area contributed by atoms with E-state index in [1.165, 1.54) is 6.33 Å². The van der Waals surface area contributed by atoms with Gasteiger partial charge in [0.2, 0.25) is 0 Å². The van der Waals surface area contributed by atoms with Crippen molar-refractivity contribution in [3.8, 4) is 11.3 Å². The molecule has 1 aliphatic heterocycles. The molecule has 0 saturated carbocycles. The van der Waals surface area contributed by atoms with E-state index in [1.807, 2.05) is 18.2 Å². The summed E-state index contributed by atoms with van der Waals surface area (Å²) in [5.41, 5.74) is 8.60. The first-order valence-corrected chi connectivity index (χ1v) is 7.66. The first-order valence-electron chi connectivity index (χ1n) is 7.66. The molecule has 0 aliphatic carbocycles. The minimum absolute atomic E-state index is 0.00630. The van der Waals surface area contributed by atoms with Gasteiger partial charge >= 0.3 is 0 Å². The highest BCUT2D eigenvalue weighted by Gasteiger charge is 2.20. The maximum atomic E-state index is 12.6. The number of nitrogens with zero attached hydrogens (tertiary/aromatic N) is 4. The number of aromatic amines is 1. The van der Waals surface area contributed by atoms with E-state index in [0.29, 0.717) is 54.4 Å².